The molecular formula is C33H43FN4O4. The highest BCUT2D eigenvalue weighted by molar-refractivity contribution is 5.91. The van der Waals surface area contributed by atoms with Crippen LogP contribution < -0.4 is 4.90 Å². The van der Waals surface area contributed by atoms with Gasteiger partial charge < -0.3 is 19.5 Å². The number of benzene rings is 1. The molecule has 1 saturated heterocycles. The number of hydrogen-bond acceptors (Lipinski definition) is 7. The van der Waals surface area contributed by atoms with E-state index in [1.807, 2.05) is 24.7 Å². The van der Waals surface area contributed by atoms with Crippen LogP contribution >= 0.6 is 0 Å². The lowest BCUT2D eigenvalue weighted by Gasteiger charge is -2.42. The second-order valence-corrected chi connectivity index (χ2v) is 12.7. The van der Waals surface area contributed by atoms with Gasteiger partial charge in [0.1, 0.15) is 23.0 Å². The van der Waals surface area contributed by atoms with Gasteiger partial charge in [-0.15, -0.1) is 0 Å². The zero-order chi connectivity index (χ0) is 30.1. The van der Waals surface area contributed by atoms with Crippen molar-refractivity contribution in [3.05, 3.63) is 57.7 Å². The minimum absolute atomic E-state index is 0.0869. The number of carbonyl (C=O) groups is 1. The fraction of sp³-hybridized carbons (Fsp3) is 0.606. The van der Waals surface area contributed by atoms with Gasteiger partial charge in [0.2, 0.25) is 0 Å². The minimum atomic E-state index is -0.924. The van der Waals surface area contributed by atoms with Crippen molar-refractivity contribution in [2.75, 3.05) is 31.2 Å². The van der Waals surface area contributed by atoms with E-state index in [-0.39, 0.29) is 24.5 Å². The monoisotopic (exact) mass is 578 g/mol. The van der Waals surface area contributed by atoms with E-state index < -0.39 is 22.8 Å². The Kier molecular flexibility index (Phi) is 8.66. The molecule has 0 spiro atoms. The lowest BCUT2D eigenvalue weighted by molar-refractivity contribution is -0.167. The maximum atomic E-state index is 15.0. The van der Waals surface area contributed by atoms with E-state index >= 15 is 0 Å². The SMILES string of the molecule is Cc1nn(C)c(N2CCCOCC2)c1CC1=C(O)CC(CCc2ccc(C(C)(C)C#N)c(F)c2)(C2CCCC2)OC1=O. The summed E-state index contributed by atoms with van der Waals surface area (Å²) in [6.45, 7) is 8.26. The summed E-state index contributed by atoms with van der Waals surface area (Å²) in [6.07, 6.45) is 6.40. The standard InChI is InChI=1S/C33H43FN4O4/c1-22-25(30(37(4)36-22)38-14-7-16-41-17-15-38)19-26-29(39)20-33(42-31(26)40,24-8-5-6-9-24)13-12-23-10-11-27(28(34)18-23)32(2,3)21-35/h10-11,18,24,39H,5-9,12-17,19-20H2,1-4H3. The first-order chi connectivity index (χ1) is 20.0. The number of carbonyl (C=O) groups excluding carboxylic acids is 1. The summed E-state index contributed by atoms with van der Waals surface area (Å²) in [5.74, 6) is 0.293. The van der Waals surface area contributed by atoms with E-state index in [1.54, 1.807) is 19.9 Å². The lowest BCUT2D eigenvalue weighted by atomic mass is 9.76. The van der Waals surface area contributed by atoms with Gasteiger partial charge in [-0.1, -0.05) is 25.0 Å². The molecule has 42 heavy (non-hydrogen) atoms. The van der Waals surface area contributed by atoms with Gasteiger partial charge in [-0.05, 0) is 70.4 Å². The number of ether oxygens (including phenoxy) is 2. The molecule has 9 heteroatoms. The van der Waals surface area contributed by atoms with Gasteiger partial charge in [0.25, 0.3) is 0 Å². The third kappa shape index (κ3) is 5.92. The number of halogens is 1. The maximum Gasteiger partial charge on any atom is 0.338 e. The number of nitriles is 1. The summed E-state index contributed by atoms with van der Waals surface area (Å²) in [5.41, 5.74) is 1.42. The molecule has 3 heterocycles. The number of aliphatic hydroxyl groups is 1. The third-order valence-corrected chi connectivity index (χ3v) is 9.47. The van der Waals surface area contributed by atoms with E-state index in [4.69, 9.17) is 9.47 Å². The molecule has 1 aromatic carbocycles. The smallest absolute Gasteiger partial charge is 0.338 e. The molecule has 1 N–H and O–H groups in total. The van der Waals surface area contributed by atoms with Crippen molar-refractivity contribution < 1.29 is 23.8 Å². The van der Waals surface area contributed by atoms with Crippen molar-refractivity contribution in [2.45, 2.75) is 89.6 Å². The fourth-order valence-electron chi connectivity index (χ4n) is 7.05. The quantitative estimate of drug-likeness (QED) is 0.398. The van der Waals surface area contributed by atoms with E-state index in [0.717, 1.165) is 74.4 Å². The van der Waals surface area contributed by atoms with Gasteiger partial charge in [0.05, 0.1) is 29.4 Å². The number of rotatable bonds is 8. The molecule has 0 radical (unpaired) electrons. The van der Waals surface area contributed by atoms with Crippen LogP contribution in [0.2, 0.25) is 0 Å². The number of aromatic nitrogens is 2. The number of esters is 1. The Hall–Kier alpha value is -3.38. The largest absolute Gasteiger partial charge is 0.512 e. The Morgan fingerprint density at radius 3 is 2.67 bits per heavy atom. The zero-order valence-corrected chi connectivity index (χ0v) is 25.3. The predicted octanol–water partition coefficient (Wildman–Crippen LogP) is 5.76. The summed E-state index contributed by atoms with van der Waals surface area (Å²) in [5, 5.41) is 25.6. The fourth-order valence-corrected chi connectivity index (χ4v) is 7.05. The number of aliphatic hydroxyl groups excluding tert-OH is 1. The molecule has 1 unspecified atom stereocenters. The summed E-state index contributed by atoms with van der Waals surface area (Å²) < 4.78 is 28.9. The van der Waals surface area contributed by atoms with Crippen LogP contribution in [0, 0.1) is 30.0 Å². The van der Waals surface area contributed by atoms with Crippen molar-refractivity contribution >= 4 is 11.8 Å². The molecule has 5 rings (SSSR count). The lowest BCUT2D eigenvalue weighted by Crippen LogP contribution is -2.46. The first-order valence-corrected chi connectivity index (χ1v) is 15.2. The van der Waals surface area contributed by atoms with Crippen molar-refractivity contribution in [3.63, 3.8) is 0 Å². The van der Waals surface area contributed by atoms with Crippen LogP contribution in [-0.4, -0.2) is 52.8 Å². The van der Waals surface area contributed by atoms with Gasteiger partial charge in [-0.2, -0.15) is 10.4 Å². The van der Waals surface area contributed by atoms with Gasteiger partial charge in [-0.25, -0.2) is 9.18 Å². The molecule has 2 aliphatic heterocycles. The normalized spacial score (nSPS) is 22.3. The molecule has 2 aromatic rings. The Morgan fingerprint density at radius 1 is 1.21 bits per heavy atom. The predicted molar refractivity (Wildman–Crippen MR) is 158 cm³/mol. The average molecular weight is 579 g/mol. The molecule has 1 atom stereocenters. The molecule has 3 aliphatic rings. The number of cyclic esters (lactones) is 1. The van der Waals surface area contributed by atoms with E-state index in [9.17, 15) is 19.6 Å². The highest BCUT2D eigenvalue weighted by Crippen LogP contribution is 2.46. The van der Waals surface area contributed by atoms with Crippen molar-refractivity contribution in [2.24, 2.45) is 13.0 Å². The van der Waals surface area contributed by atoms with Gasteiger partial charge in [0, 0.05) is 50.7 Å². The first kappa shape index (κ1) is 30.1. The molecule has 1 aromatic heterocycles. The topological polar surface area (TPSA) is 101 Å². The minimum Gasteiger partial charge on any atom is -0.512 e. The molecular weight excluding hydrogens is 535 g/mol. The number of anilines is 1. The summed E-state index contributed by atoms with van der Waals surface area (Å²) >= 11 is 0. The van der Waals surface area contributed by atoms with Crippen LogP contribution in [0.3, 0.4) is 0 Å². The number of hydrogen-bond donors (Lipinski definition) is 1. The maximum absolute atomic E-state index is 15.0. The van der Waals surface area contributed by atoms with E-state index in [2.05, 4.69) is 16.1 Å². The first-order valence-electron chi connectivity index (χ1n) is 15.2. The molecule has 1 aliphatic carbocycles. The molecule has 8 nitrogen and oxygen atoms in total. The van der Waals surface area contributed by atoms with Crippen LogP contribution in [0.25, 0.3) is 0 Å². The van der Waals surface area contributed by atoms with Crippen LogP contribution in [0.4, 0.5) is 10.2 Å². The highest BCUT2D eigenvalue weighted by atomic mass is 19.1. The molecule has 1 saturated carbocycles. The van der Waals surface area contributed by atoms with Gasteiger partial charge in [0.15, 0.2) is 0 Å². The Labute approximate surface area is 248 Å². The Bertz CT molecular complexity index is 1390. The second-order valence-electron chi connectivity index (χ2n) is 12.7. The van der Waals surface area contributed by atoms with Crippen molar-refractivity contribution in [1.29, 1.82) is 5.26 Å². The second kappa shape index (κ2) is 12.1. The number of nitrogens with zero attached hydrogens (tertiary/aromatic N) is 4. The van der Waals surface area contributed by atoms with Crippen LogP contribution in [0.15, 0.2) is 29.5 Å². The summed E-state index contributed by atoms with van der Waals surface area (Å²) in [6, 6.07) is 7.19. The molecule has 226 valence electrons. The highest BCUT2D eigenvalue weighted by Gasteiger charge is 2.48. The average Bonchev–Trinajstić information content (AvgIpc) is 3.49. The summed E-state index contributed by atoms with van der Waals surface area (Å²) in [7, 11) is 1.91. The van der Waals surface area contributed by atoms with Crippen molar-refractivity contribution in [1.82, 2.24) is 9.78 Å². The molecule has 2 fully saturated rings. The van der Waals surface area contributed by atoms with E-state index in [0.29, 0.717) is 30.6 Å². The van der Waals surface area contributed by atoms with Gasteiger partial charge in [-0.3, -0.25) is 4.68 Å². The van der Waals surface area contributed by atoms with Crippen LogP contribution in [-0.2, 0) is 39.6 Å². The third-order valence-electron chi connectivity index (χ3n) is 9.47. The summed E-state index contributed by atoms with van der Waals surface area (Å²) in [4.78, 5) is 16.0. The van der Waals surface area contributed by atoms with Crippen LogP contribution in [0.5, 0.6) is 0 Å². The van der Waals surface area contributed by atoms with Crippen LogP contribution in [0.1, 0.15) is 81.2 Å². The van der Waals surface area contributed by atoms with Gasteiger partial charge >= 0.3 is 5.97 Å². The Balaban J connectivity index is 1.40. The van der Waals surface area contributed by atoms with E-state index in [1.165, 1.54) is 6.07 Å². The van der Waals surface area contributed by atoms with Crippen molar-refractivity contribution in [3.8, 4) is 6.07 Å². The Morgan fingerprint density at radius 2 is 1.98 bits per heavy atom. The molecule has 0 bridgehead atoms. The zero-order valence-electron chi connectivity index (χ0n) is 25.3. The molecule has 0 amide bonds. The number of aryl methyl sites for hydroxylation is 3.